The maximum Gasteiger partial charge on any atom is 0.302 e. The van der Waals surface area contributed by atoms with Crippen molar-refractivity contribution in [3.05, 3.63) is 11.6 Å². The van der Waals surface area contributed by atoms with Gasteiger partial charge < -0.3 is 4.74 Å². The summed E-state index contributed by atoms with van der Waals surface area (Å²) in [4.78, 5) is 10.7. The van der Waals surface area contributed by atoms with Crippen LogP contribution in [0, 0.1) is 23.2 Å². The van der Waals surface area contributed by atoms with Crippen LogP contribution in [-0.4, -0.2) is 12.6 Å². The van der Waals surface area contributed by atoms with Gasteiger partial charge in [0, 0.05) is 6.92 Å². The molecule has 1 rings (SSSR count). The Labute approximate surface area is 150 Å². The molecular weight excluding hydrogens is 296 g/mol. The van der Waals surface area contributed by atoms with Gasteiger partial charge in [-0.1, -0.05) is 59.0 Å². The second-order valence-electron chi connectivity index (χ2n) is 8.89. The summed E-state index contributed by atoms with van der Waals surface area (Å²) in [5.41, 5.74) is 1.87. The zero-order valence-electron chi connectivity index (χ0n) is 17.0. The fourth-order valence-corrected chi connectivity index (χ4v) is 4.45. The van der Waals surface area contributed by atoms with Crippen LogP contribution in [-0.2, 0) is 9.53 Å². The van der Waals surface area contributed by atoms with E-state index in [4.69, 9.17) is 4.74 Å². The molecule has 1 aliphatic rings. The van der Waals surface area contributed by atoms with Gasteiger partial charge in [-0.25, -0.2) is 0 Å². The topological polar surface area (TPSA) is 26.3 Å². The van der Waals surface area contributed by atoms with Gasteiger partial charge in [-0.15, -0.1) is 0 Å². The molecule has 1 fully saturated rings. The largest absolute Gasteiger partial charge is 0.462 e. The summed E-state index contributed by atoms with van der Waals surface area (Å²) in [6.45, 7) is 13.9. The Balaban J connectivity index is 2.24. The molecule has 0 aromatic heterocycles. The summed E-state index contributed by atoms with van der Waals surface area (Å²) in [6.07, 6.45) is 12.7. The van der Waals surface area contributed by atoms with Crippen LogP contribution >= 0.6 is 0 Å². The summed E-state index contributed by atoms with van der Waals surface area (Å²) in [5.74, 6) is 2.41. The van der Waals surface area contributed by atoms with Crippen LogP contribution in [0.2, 0.25) is 0 Å². The minimum Gasteiger partial charge on any atom is -0.462 e. The lowest BCUT2D eigenvalue weighted by Crippen LogP contribution is -2.33. The number of rotatable bonds is 9. The Hall–Kier alpha value is -0.790. The SMILES string of the molecule is CC(=O)OCC=C(C)CCCC(C)CCC1C(C)CCCC1(C)C. The molecule has 140 valence electrons. The molecule has 0 saturated heterocycles. The minimum atomic E-state index is -0.201. The van der Waals surface area contributed by atoms with Crippen LogP contribution in [0.5, 0.6) is 0 Å². The maximum atomic E-state index is 10.7. The highest BCUT2D eigenvalue weighted by atomic mass is 16.5. The summed E-state index contributed by atoms with van der Waals surface area (Å²) in [7, 11) is 0. The van der Waals surface area contributed by atoms with Gasteiger partial charge in [0.1, 0.15) is 6.61 Å². The fraction of sp³-hybridized carbons (Fsp3) is 0.864. The van der Waals surface area contributed by atoms with Crippen LogP contribution in [0.3, 0.4) is 0 Å². The number of esters is 1. The van der Waals surface area contributed by atoms with E-state index in [9.17, 15) is 4.79 Å². The molecule has 24 heavy (non-hydrogen) atoms. The van der Waals surface area contributed by atoms with E-state index in [1.54, 1.807) is 0 Å². The third-order valence-corrected chi connectivity index (χ3v) is 6.13. The van der Waals surface area contributed by atoms with Gasteiger partial charge in [-0.3, -0.25) is 4.79 Å². The first kappa shape index (κ1) is 21.3. The molecule has 0 N–H and O–H groups in total. The predicted molar refractivity (Wildman–Crippen MR) is 103 cm³/mol. The maximum absolute atomic E-state index is 10.7. The normalized spacial score (nSPS) is 25.3. The molecule has 0 radical (unpaired) electrons. The van der Waals surface area contributed by atoms with Crippen molar-refractivity contribution in [2.24, 2.45) is 23.2 Å². The summed E-state index contributed by atoms with van der Waals surface area (Å²) in [6, 6.07) is 0. The molecule has 0 aromatic carbocycles. The first-order chi connectivity index (χ1) is 11.2. The van der Waals surface area contributed by atoms with Gasteiger partial charge in [0.2, 0.25) is 0 Å². The highest BCUT2D eigenvalue weighted by Crippen LogP contribution is 2.46. The molecule has 3 atom stereocenters. The predicted octanol–water partition coefficient (Wildman–Crippen LogP) is 6.54. The number of hydrogen-bond acceptors (Lipinski definition) is 2. The third kappa shape index (κ3) is 7.85. The molecule has 0 heterocycles. The van der Waals surface area contributed by atoms with Gasteiger partial charge in [0.25, 0.3) is 0 Å². The Morgan fingerprint density at radius 3 is 2.62 bits per heavy atom. The van der Waals surface area contributed by atoms with E-state index in [0.717, 1.165) is 24.2 Å². The zero-order valence-corrected chi connectivity index (χ0v) is 17.0. The molecule has 0 bridgehead atoms. The Morgan fingerprint density at radius 2 is 2.00 bits per heavy atom. The highest BCUT2D eigenvalue weighted by molar-refractivity contribution is 5.66. The van der Waals surface area contributed by atoms with Crippen LogP contribution < -0.4 is 0 Å². The zero-order chi connectivity index (χ0) is 18.2. The fourth-order valence-electron chi connectivity index (χ4n) is 4.45. The van der Waals surface area contributed by atoms with Crippen LogP contribution in [0.25, 0.3) is 0 Å². The molecular formula is C22H40O2. The van der Waals surface area contributed by atoms with E-state index >= 15 is 0 Å². The van der Waals surface area contributed by atoms with Crippen molar-refractivity contribution in [2.75, 3.05) is 6.61 Å². The van der Waals surface area contributed by atoms with Crippen molar-refractivity contribution < 1.29 is 9.53 Å². The highest BCUT2D eigenvalue weighted by Gasteiger charge is 2.36. The molecule has 1 saturated carbocycles. The van der Waals surface area contributed by atoms with Gasteiger partial charge in [0.15, 0.2) is 0 Å². The van der Waals surface area contributed by atoms with Crippen LogP contribution in [0.15, 0.2) is 11.6 Å². The smallest absolute Gasteiger partial charge is 0.302 e. The van der Waals surface area contributed by atoms with E-state index in [0.29, 0.717) is 12.0 Å². The first-order valence-electron chi connectivity index (χ1n) is 10.0. The third-order valence-electron chi connectivity index (χ3n) is 6.13. The average molecular weight is 337 g/mol. The number of hydrogen-bond donors (Lipinski definition) is 0. The van der Waals surface area contributed by atoms with Crippen LogP contribution in [0.1, 0.15) is 92.9 Å². The van der Waals surface area contributed by atoms with Crippen molar-refractivity contribution in [1.29, 1.82) is 0 Å². The van der Waals surface area contributed by atoms with Crippen molar-refractivity contribution in [3.8, 4) is 0 Å². The quantitative estimate of drug-likeness (QED) is 0.353. The Morgan fingerprint density at radius 1 is 1.29 bits per heavy atom. The molecule has 1 aliphatic carbocycles. The number of carbonyl (C=O) groups excluding carboxylic acids is 1. The minimum absolute atomic E-state index is 0.201. The van der Waals surface area contributed by atoms with E-state index in [-0.39, 0.29) is 5.97 Å². The summed E-state index contributed by atoms with van der Waals surface area (Å²) < 4.78 is 4.96. The van der Waals surface area contributed by atoms with Gasteiger partial charge in [-0.05, 0) is 61.9 Å². The van der Waals surface area contributed by atoms with Crippen molar-refractivity contribution in [2.45, 2.75) is 92.9 Å². The van der Waals surface area contributed by atoms with Crippen molar-refractivity contribution in [1.82, 2.24) is 0 Å². The van der Waals surface area contributed by atoms with Crippen molar-refractivity contribution in [3.63, 3.8) is 0 Å². The first-order valence-corrected chi connectivity index (χ1v) is 10.0. The lowest BCUT2D eigenvalue weighted by atomic mass is 9.62. The molecule has 3 unspecified atom stereocenters. The average Bonchev–Trinajstić information content (AvgIpc) is 2.45. The molecule has 0 amide bonds. The standard InChI is InChI=1S/C22H40O2/c1-17(9-7-10-18(2)14-16-24-20(4)23)12-13-21-19(3)11-8-15-22(21,5)6/h14,17,19,21H,7-13,15-16H2,1-6H3. The van der Waals surface area contributed by atoms with E-state index in [1.807, 2.05) is 6.08 Å². The number of ether oxygens (including phenoxy) is 1. The number of carbonyl (C=O) groups is 1. The summed E-state index contributed by atoms with van der Waals surface area (Å²) >= 11 is 0. The van der Waals surface area contributed by atoms with E-state index in [1.165, 1.54) is 57.4 Å². The lowest BCUT2D eigenvalue weighted by Gasteiger charge is -2.43. The number of allylic oxidation sites excluding steroid dienone is 1. The van der Waals surface area contributed by atoms with Gasteiger partial charge >= 0.3 is 5.97 Å². The Bertz CT molecular complexity index is 408. The monoisotopic (exact) mass is 336 g/mol. The Kier molecular flexibility index (Phi) is 9.08. The summed E-state index contributed by atoms with van der Waals surface area (Å²) in [5, 5.41) is 0. The van der Waals surface area contributed by atoms with Crippen LogP contribution in [0.4, 0.5) is 0 Å². The lowest BCUT2D eigenvalue weighted by molar-refractivity contribution is -0.139. The molecule has 0 spiro atoms. The molecule has 0 aromatic rings. The molecule has 0 aliphatic heterocycles. The van der Waals surface area contributed by atoms with E-state index in [2.05, 4.69) is 34.6 Å². The van der Waals surface area contributed by atoms with Gasteiger partial charge in [0.05, 0.1) is 0 Å². The second-order valence-corrected chi connectivity index (χ2v) is 8.89. The molecule has 2 heteroatoms. The molecule has 2 nitrogen and oxygen atoms in total. The van der Waals surface area contributed by atoms with E-state index < -0.39 is 0 Å². The second kappa shape index (κ2) is 10.3. The van der Waals surface area contributed by atoms with Gasteiger partial charge in [-0.2, -0.15) is 0 Å². The van der Waals surface area contributed by atoms with Crippen molar-refractivity contribution >= 4 is 5.97 Å².